The summed E-state index contributed by atoms with van der Waals surface area (Å²) in [5.74, 6) is -1.70. The molecule has 11 heteroatoms. The average molecular weight is 585 g/mol. The van der Waals surface area contributed by atoms with Crippen molar-refractivity contribution in [1.29, 1.82) is 0 Å². The van der Waals surface area contributed by atoms with Gasteiger partial charge in [-0.25, -0.2) is 17.2 Å². The molecule has 2 fully saturated rings. The third-order valence-electron chi connectivity index (χ3n) is 7.88. The molecule has 0 aliphatic carbocycles. The van der Waals surface area contributed by atoms with Gasteiger partial charge in [-0.05, 0) is 75.6 Å². The first-order valence-electron chi connectivity index (χ1n) is 13.8. The highest BCUT2D eigenvalue weighted by molar-refractivity contribution is 7.89. The normalized spacial score (nSPS) is 19.3. The molecule has 0 N–H and O–H groups in total. The van der Waals surface area contributed by atoms with Gasteiger partial charge in [0.1, 0.15) is 17.3 Å². The number of nitrogens with zero attached hydrogens (tertiary/aromatic N) is 4. The second-order valence-electron chi connectivity index (χ2n) is 10.8. The van der Waals surface area contributed by atoms with Gasteiger partial charge in [0.05, 0.1) is 0 Å². The Kier molecular flexibility index (Phi) is 8.28. The summed E-state index contributed by atoms with van der Waals surface area (Å²) in [4.78, 5) is 17.5. The van der Waals surface area contributed by atoms with Gasteiger partial charge >= 0.3 is 0 Å². The Labute approximate surface area is 239 Å². The van der Waals surface area contributed by atoms with Crippen LogP contribution in [-0.2, 0) is 14.8 Å². The molecule has 2 aliphatic heterocycles. The number of anilines is 1. The number of benzene rings is 2. The van der Waals surface area contributed by atoms with Crippen LogP contribution in [0.25, 0.3) is 12.2 Å². The van der Waals surface area contributed by atoms with Gasteiger partial charge in [0.25, 0.3) is 0 Å². The van der Waals surface area contributed by atoms with E-state index in [1.165, 1.54) is 35.0 Å². The van der Waals surface area contributed by atoms with E-state index in [4.69, 9.17) is 4.52 Å². The van der Waals surface area contributed by atoms with Crippen molar-refractivity contribution in [3.63, 3.8) is 0 Å². The largest absolute Gasteiger partial charge is 0.365 e. The van der Waals surface area contributed by atoms with Crippen molar-refractivity contribution in [2.24, 2.45) is 5.92 Å². The molecule has 0 saturated carbocycles. The quantitative estimate of drug-likeness (QED) is 0.411. The molecule has 0 unspecified atom stereocenters. The molecule has 5 rings (SSSR count). The summed E-state index contributed by atoms with van der Waals surface area (Å²) >= 11 is 0. The first kappa shape index (κ1) is 28.9. The molecule has 0 radical (unpaired) electrons. The lowest BCUT2D eigenvalue weighted by Gasteiger charge is -2.43. The Bertz CT molecular complexity index is 1560. The van der Waals surface area contributed by atoms with Crippen LogP contribution in [0.1, 0.15) is 42.3 Å². The maximum absolute atomic E-state index is 14.1. The van der Waals surface area contributed by atoms with Crippen LogP contribution in [-0.4, -0.2) is 67.5 Å². The van der Waals surface area contributed by atoms with Crippen LogP contribution in [0.3, 0.4) is 0 Å². The lowest BCUT2D eigenvalue weighted by molar-refractivity contribution is -0.137. The standard InChI is InChI=1S/C30H34F2N4O4S/c1-20-5-4-6-26(17-20)36-16-15-34(19-21(36)2)30(37)24-11-13-35(14-12-24)41(38,39)29-22(3)33-40-28(29)10-8-23-7-9-25(31)18-27(23)32/h4-10,17-18,21,24H,11-16,19H2,1-3H3/b10-8+/t21-/m0/s1. The second kappa shape index (κ2) is 11.7. The number of sulfonamides is 1. The fourth-order valence-corrected chi connectivity index (χ4v) is 7.40. The molecule has 1 aromatic heterocycles. The van der Waals surface area contributed by atoms with E-state index >= 15 is 0 Å². The van der Waals surface area contributed by atoms with Crippen LogP contribution in [0.15, 0.2) is 51.9 Å². The number of hydrogen-bond acceptors (Lipinski definition) is 6. The first-order chi connectivity index (χ1) is 19.5. The van der Waals surface area contributed by atoms with E-state index in [0.717, 1.165) is 24.4 Å². The number of carbonyl (C=O) groups is 1. The minimum absolute atomic E-state index is 0.0371. The molecule has 3 heterocycles. The Hall–Kier alpha value is -3.57. The van der Waals surface area contributed by atoms with Crippen molar-refractivity contribution >= 4 is 33.8 Å². The molecule has 1 amide bonds. The summed E-state index contributed by atoms with van der Waals surface area (Å²) < 4.78 is 61.1. The highest BCUT2D eigenvalue weighted by atomic mass is 32.2. The third kappa shape index (κ3) is 6.06. The summed E-state index contributed by atoms with van der Waals surface area (Å²) in [6, 6.07) is 11.6. The van der Waals surface area contributed by atoms with Gasteiger partial charge in [-0.2, -0.15) is 4.31 Å². The molecule has 2 aromatic carbocycles. The molecule has 2 saturated heterocycles. The number of carbonyl (C=O) groups excluding carboxylic acids is 1. The van der Waals surface area contributed by atoms with Gasteiger partial charge in [0, 0.05) is 62.0 Å². The van der Waals surface area contributed by atoms with E-state index in [0.29, 0.717) is 25.9 Å². The zero-order valence-corrected chi connectivity index (χ0v) is 24.2. The molecular weight excluding hydrogens is 550 g/mol. The van der Waals surface area contributed by atoms with Crippen LogP contribution in [0.4, 0.5) is 14.5 Å². The average Bonchev–Trinajstić information content (AvgIpc) is 3.33. The molecule has 1 atom stereocenters. The van der Waals surface area contributed by atoms with Gasteiger partial charge < -0.3 is 14.3 Å². The van der Waals surface area contributed by atoms with Gasteiger partial charge in [-0.1, -0.05) is 17.3 Å². The lowest BCUT2D eigenvalue weighted by atomic mass is 9.95. The fourth-order valence-electron chi connectivity index (χ4n) is 5.68. The number of piperazine rings is 1. The Morgan fingerprint density at radius 3 is 2.46 bits per heavy atom. The van der Waals surface area contributed by atoms with E-state index in [2.05, 4.69) is 42.1 Å². The lowest BCUT2D eigenvalue weighted by Crippen LogP contribution is -2.55. The Morgan fingerprint density at radius 1 is 1.02 bits per heavy atom. The van der Waals surface area contributed by atoms with Crippen molar-refractivity contribution in [3.05, 3.63) is 76.7 Å². The Morgan fingerprint density at radius 2 is 1.78 bits per heavy atom. The SMILES string of the molecule is Cc1cccc(N2CCN(C(=O)C3CCN(S(=O)(=O)c4c(C)noc4/C=C/c4ccc(F)cc4F)CC3)C[C@@H]2C)c1. The zero-order valence-electron chi connectivity index (χ0n) is 23.4. The number of piperidine rings is 1. The predicted molar refractivity (Wildman–Crippen MR) is 153 cm³/mol. The third-order valence-corrected chi connectivity index (χ3v) is 9.94. The number of halogens is 2. The number of hydrogen-bond donors (Lipinski definition) is 0. The molecule has 2 aliphatic rings. The van der Waals surface area contributed by atoms with Gasteiger partial charge in [0.2, 0.25) is 15.9 Å². The van der Waals surface area contributed by atoms with Crippen molar-refractivity contribution < 1.29 is 26.5 Å². The molecule has 3 aromatic rings. The summed E-state index contributed by atoms with van der Waals surface area (Å²) in [7, 11) is -3.98. The molecule has 218 valence electrons. The second-order valence-corrected chi connectivity index (χ2v) is 12.7. The molecule has 0 bridgehead atoms. The summed E-state index contributed by atoms with van der Waals surface area (Å²) in [6.07, 6.45) is 3.47. The zero-order chi connectivity index (χ0) is 29.3. The van der Waals surface area contributed by atoms with E-state index in [-0.39, 0.29) is 52.9 Å². The summed E-state index contributed by atoms with van der Waals surface area (Å²) in [5.41, 5.74) is 2.62. The van der Waals surface area contributed by atoms with Crippen LogP contribution < -0.4 is 4.90 Å². The van der Waals surface area contributed by atoms with E-state index < -0.39 is 21.7 Å². The highest BCUT2D eigenvalue weighted by Crippen LogP contribution is 2.31. The predicted octanol–water partition coefficient (Wildman–Crippen LogP) is 4.88. The molecule has 8 nitrogen and oxygen atoms in total. The topological polar surface area (TPSA) is 87.0 Å². The van der Waals surface area contributed by atoms with Crippen molar-refractivity contribution in [3.8, 4) is 0 Å². The number of aryl methyl sites for hydroxylation is 2. The fraction of sp³-hybridized carbons (Fsp3) is 0.400. The molecule has 41 heavy (non-hydrogen) atoms. The van der Waals surface area contributed by atoms with E-state index in [1.54, 1.807) is 0 Å². The van der Waals surface area contributed by atoms with Crippen molar-refractivity contribution in [2.45, 2.75) is 44.6 Å². The summed E-state index contributed by atoms with van der Waals surface area (Å²) in [5, 5.41) is 3.82. The van der Waals surface area contributed by atoms with Crippen LogP contribution in [0, 0.1) is 31.4 Å². The number of amides is 1. The van der Waals surface area contributed by atoms with Gasteiger partial charge in [-0.3, -0.25) is 4.79 Å². The number of rotatable bonds is 6. The Balaban J connectivity index is 1.22. The monoisotopic (exact) mass is 584 g/mol. The van der Waals surface area contributed by atoms with Crippen molar-refractivity contribution in [1.82, 2.24) is 14.4 Å². The van der Waals surface area contributed by atoms with Gasteiger partial charge in [-0.15, -0.1) is 0 Å². The minimum Gasteiger partial charge on any atom is -0.365 e. The molecular formula is C30H34F2N4O4S. The first-order valence-corrected chi connectivity index (χ1v) is 15.2. The number of aromatic nitrogens is 1. The highest BCUT2D eigenvalue weighted by Gasteiger charge is 2.38. The maximum Gasteiger partial charge on any atom is 0.248 e. The van der Waals surface area contributed by atoms with Crippen LogP contribution >= 0.6 is 0 Å². The van der Waals surface area contributed by atoms with E-state index in [9.17, 15) is 22.0 Å². The minimum atomic E-state index is -3.98. The molecule has 0 spiro atoms. The van der Waals surface area contributed by atoms with Crippen molar-refractivity contribution in [2.75, 3.05) is 37.6 Å². The van der Waals surface area contributed by atoms with E-state index in [1.807, 2.05) is 11.0 Å². The smallest absolute Gasteiger partial charge is 0.248 e. The van der Waals surface area contributed by atoms with Crippen LogP contribution in [0.5, 0.6) is 0 Å². The summed E-state index contributed by atoms with van der Waals surface area (Å²) in [6.45, 7) is 8.09. The maximum atomic E-state index is 14.1. The van der Waals surface area contributed by atoms with Gasteiger partial charge in [0.15, 0.2) is 10.7 Å². The van der Waals surface area contributed by atoms with Crippen LogP contribution in [0.2, 0.25) is 0 Å².